The van der Waals surface area contributed by atoms with Gasteiger partial charge in [-0.1, -0.05) is 0 Å². The molecule has 0 heterocycles. The van der Waals surface area contributed by atoms with E-state index in [9.17, 15) is 0 Å². The van der Waals surface area contributed by atoms with Gasteiger partial charge in [-0.25, -0.2) is 0 Å². The fourth-order valence-electron chi connectivity index (χ4n) is 3.09. The molecule has 31 heavy (non-hydrogen) atoms. The molecule has 4 nitrogen and oxygen atoms in total. The molecule has 186 valence electrons. The van der Waals surface area contributed by atoms with Gasteiger partial charge >= 0.3 is 165 Å². The maximum absolute atomic E-state index is 8.89. The third-order valence-electron chi connectivity index (χ3n) is 4.46. The zero-order chi connectivity index (χ0) is 24.9. The Morgan fingerprint density at radius 1 is 0.484 bits per heavy atom. The summed E-state index contributed by atoms with van der Waals surface area (Å²) in [4.78, 5) is 17.8. The van der Waals surface area contributed by atoms with Gasteiger partial charge in [-0.05, 0) is 13.8 Å². The van der Waals surface area contributed by atoms with Crippen molar-refractivity contribution in [3.05, 3.63) is 0 Å². The number of hydrogen-bond acceptors (Lipinski definition) is 4. The number of carboxylic acids is 2. The van der Waals surface area contributed by atoms with Gasteiger partial charge in [-0.3, -0.25) is 0 Å². The topological polar surface area (TPSA) is 80.3 Å². The Bertz CT molecular complexity index is 299. The molecule has 0 rings (SSSR count). The van der Waals surface area contributed by atoms with Crippen molar-refractivity contribution < 1.29 is 19.8 Å². The molecule has 0 bridgehead atoms. The summed E-state index contributed by atoms with van der Waals surface area (Å²) in [5, 5.41) is 17.8. The molecule has 0 saturated heterocycles. The standard InChI is InChI=1S/3C4H9.3C3H7.2C2H4O2.2Sn/c3*1-3-4-2;3*1-3-2;2*1-2(3)4;;/h3*1,3-4H2,2H3;3*1,3H2,2H3;2*1H3,(H,3,4);;/q;;;;;;;;2*+1/p-2. The van der Waals surface area contributed by atoms with Crippen LogP contribution in [0.1, 0.15) is 113 Å². The summed E-state index contributed by atoms with van der Waals surface area (Å²) in [6.45, 7) is 16.0. The monoisotopic (exact) mass is 658 g/mol. The molecular formula is C25H54O4Sn2. The van der Waals surface area contributed by atoms with E-state index in [0.717, 1.165) is 13.8 Å². The Labute approximate surface area is 209 Å². The van der Waals surface area contributed by atoms with Crippen molar-refractivity contribution in [2.24, 2.45) is 0 Å². The van der Waals surface area contributed by atoms with Crippen LogP contribution in [0.4, 0.5) is 0 Å². The Morgan fingerprint density at radius 3 is 0.839 bits per heavy atom. The summed E-state index contributed by atoms with van der Waals surface area (Å²) in [7, 11) is 0. The second-order valence-corrected chi connectivity index (χ2v) is 25.2. The van der Waals surface area contributed by atoms with Crippen LogP contribution in [0.2, 0.25) is 26.6 Å². The minimum atomic E-state index is -1.08. The predicted octanol–water partition coefficient (Wildman–Crippen LogP) is 6.11. The third kappa shape index (κ3) is 53.6. The van der Waals surface area contributed by atoms with Crippen LogP contribution in [-0.2, 0) is 9.59 Å². The molecular weight excluding hydrogens is 602 g/mol. The van der Waals surface area contributed by atoms with Crippen LogP contribution in [-0.4, -0.2) is 51.5 Å². The summed E-state index contributed by atoms with van der Waals surface area (Å²) < 4.78 is 9.97. The molecule has 0 amide bonds. The quantitative estimate of drug-likeness (QED) is 0.200. The van der Waals surface area contributed by atoms with Gasteiger partial charge in [0.05, 0.1) is 0 Å². The van der Waals surface area contributed by atoms with Crippen molar-refractivity contribution in [2.75, 3.05) is 0 Å². The Kier molecular flexibility index (Phi) is 44.0. The van der Waals surface area contributed by atoms with Crippen LogP contribution < -0.4 is 10.2 Å². The Balaban J connectivity index is -0.000000178. The normalized spacial score (nSPS) is 9.16. The van der Waals surface area contributed by atoms with Crippen LogP contribution in [0.15, 0.2) is 0 Å². The molecule has 0 aromatic rings. The van der Waals surface area contributed by atoms with Crippen molar-refractivity contribution in [1.29, 1.82) is 0 Å². The summed E-state index contributed by atoms with van der Waals surface area (Å²) in [6.07, 6.45) is 13.2. The van der Waals surface area contributed by atoms with E-state index in [2.05, 4.69) is 41.5 Å². The van der Waals surface area contributed by atoms with Gasteiger partial charge in [0.15, 0.2) is 0 Å². The van der Waals surface area contributed by atoms with E-state index >= 15 is 0 Å². The van der Waals surface area contributed by atoms with Crippen molar-refractivity contribution in [2.45, 2.75) is 140 Å². The third-order valence-corrected chi connectivity index (χ3v) is 23.9. The summed E-state index contributed by atoms with van der Waals surface area (Å²) >= 11 is -1.60. The van der Waals surface area contributed by atoms with Gasteiger partial charge in [0, 0.05) is 11.9 Å². The van der Waals surface area contributed by atoms with Crippen molar-refractivity contribution in [3.63, 3.8) is 0 Å². The number of carbonyl (C=O) groups excluding carboxylic acids is 2. The minimum absolute atomic E-state index is 0.759. The molecule has 0 radical (unpaired) electrons. The first-order valence-corrected chi connectivity index (χ1v) is 24.8. The van der Waals surface area contributed by atoms with Crippen molar-refractivity contribution in [1.82, 2.24) is 0 Å². The summed E-state index contributed by atoms with van der Waals surface area (Å²) in [6, 6.07) is 0. The molecule has 0 aliphatic heterocycles. The molecule has 0 spiro atoms. The van der Waals surface area contributed by atoms with Crippen LogP contribution in [0.5, 0.6) is 0 Å². The van der Waals surface area contributed by atoms with Gasteiger partial charge in [0.1, 0.15) is 0 Å². The fourth-order valence-corrected chi connectivity index (χ4v) is 20.7. The van der Waals surface area contributed by atoms with E-state index in [4.69, 9.17) is 19.8 Å². The average molecular weight is 656 g/mol. The molecule has 0 aliphatic rings. The van der Waals surface area contributed by atoms with Crippen LogP contribution in [0.3, 0.4) is 0 Å². The van der Waals surface area contributed by atoms with Crippen LogP contribution in [0.25, 0.3) is 0 Å². The van der Waals surface area contributed by atoms with E-state index in [1.165, 1.54) is 57.8 Å². The van der Waals surface area contributed by atoms with E-state index in [-0.39, 0.29) is 0 Å². The van der Waals surface area contributed by atoms with Gasteiger partial charge in [-0.15, -0.1) is 0 Å². The fraction of sp³-hybridized carbons (Fsp3) is 0.920. The number of rotatable bonds is 15. The summed E-state index contributed by atoms with van der Waals surface area (Å²) in [5.41, 5.74) is 0. The second-order valence-electron chi connectivity index (χ2n) is 8.04. The predicted molar refractivity (Wildman–Crippen MR) is 137 cm³/mol. The maximum atomic E-state index is 8.89. The number of unbranched alkanes of at least 4 members (excludes halogenated alkanes) is 3. The van der Waals surface area contributed by atoms with E-state index in [1.807, 2.05) is 0 Å². The molecule has 0 N–H and O–H groups in total. The SMILES string of the molecule is CC(=O)[O-].CC(=O)[O-].CCC[CH2][Sn+]([CH2]CCC)[CH2]CCC.CC[CH2][Sn+]([CH2]CC)[CH2]CC. The number of carboxylic acid groups (broad SMARTS) is 2. The molecule has 0 fully saturated rings. The van der Waals surface area contributed by atoms with E-state index in [1.54, 1.807) is 26.6 Å². The van der Waals surface area contributed by atoms with Crippen molar-refractivity contribution in [3.8, 4) is 0 Å². The van der Waals surface area contributed by atoms with Gasteiger partial charge < -0.3 is 19.8 Å². The van der Waals surface area contributed by atoms with Crippen LogP contribution >= 0.6 is 0 Å². The number of carbonyl (C=O) groups is 2. The molecule has 6 heteroatoms. The average Bonchev–Trinajstić information content (AvgIpc) is 2.68. The number of aliphatic carboxylic acids is 2. The first-order chi connectivity index (χ1) is 14.7. The van der Waals surface area contributed by atoms with Gasteiger partial charge in [0.25, 0.3) is 0 Å². The molecule has 0 aliphatic carbocycles. The first kappa shape index (κ1) is 38.8. The number of hydrogen-bond donors (Lipinski definition) is 0. The molecule has 0 aromatic heterocycles. The Hall–Kier alpha value is 0.537. The van der Waals surface area contributed by atoms with E-state index < -0.39 is 51.5 Å². The zero-order valence-corrected chi connectivity index (χ0v) is 27.9. The first-order valence-electron chi connectivity index (χ1n) is 12.7. The van der Waals surface area contributed by atoms with Gasteiger partial charge in [-0.2, -0.15) is 0 Å². The van der Waals surface area contributed by atoms with Crippen LogP contribution in [0, 0.1) is 0 Å². The molecule has 0 unspecified atom stereocenters. The molecule has 0 saturated carbocycles. The van der Waals surface area contributed by atoms with Crippen molar-refractivity contribution >= 4 is 51.5 Å². The van der Waals surface area contributed by atoms with Gasteiger partial charge in [0.2, 0.25) is 0 Å². The second kappa shape index (κ2) is 35.1. The summed E-state index contributed by atoms with van der Waals surface area (Å²) in [5.74, 6) is -2.17. The molecule has 0 atom stereocenters. The zero-order valence-electron chi connectivity index (χ0n) is 22.2. The van der Waals surface area contributed by atoms with E-state index in [0.29, 0.717) is 0 Å². The Morgan fingerprint density at radius 2 is 0.677 bits per heavy atom. The molecule has 0 aromatic carbocycles.